The van der Waals surface area contributed by atoms with Crippen molar-refractivity contribution in [3.05, 3.63) is 65.2 Å². The van der Waals surface area contributed by atoms with Crippen LogP contribution in [0.5, 0.6) is 0 Å². The van der Waals surface area contributed by atoms with Gasteiger partial charge in [-0.25, -0.2) is 9.59 Å². The number of carboxylic acid groups (broad SMARTS) is 1. The van der Waals surface area contributed by atoms with Crippen LogP contribution in [0.25, 0.3) is 0 Å². The number of carboxylic acids is 1. The summed E-state index contributed by atoms with van der Waals surface area (Å²) in [4.78, 5) is 37.2. The molecule has 0 heterocycles. The van der Waals surface area contributed by atoms with Gasteiger partial charge in [0, 0.05) is 6.42 Å². The Bertz CT molecular complexity index is 1030. The fourth-order valence-corrected chi connectivity index (χ4v) is 3.36. The van der Waals surface area contributed by atoms with Crippen LogP contribution in [-0.4, -0.2) is 47.9 Å². The average Bonchev–Trinajstić information content (AvgIpc) is 2.80. The van der Waals surface area contributed by atoms with E-state index in [0.29, 0.717) is 18.7 Å². The van der Waals surface area contributed by atoms with Crippen molar-refractivity contribution in [2.75, 3.05) is 6.54 Å². The van der Waals surface area contributed by atoms with Crippen molar-refractivity contribution in [3.63, 3.8) is 0 Å². The van der Waals surface area contributed by atoms with Crippen LogP contribution in [0.4, 0.5) is 10.5 Å². The molecule has 0 bridgehead atoms. The van der Waals surface area contributed by atoms with Crippen LogP contribution < -0.4 is 27.4 Å². The standard InChI is InChI=1S/C24H33N7O4/c1-15-10-11-18(16(2)13-15)30-31-24(35)29-20(14-17-7-4-3-5-8-17)21(32)28-19(22(33)34)9-6-12-27-23(25)26/h3-5,7-8,10-11,13,19-20,23,27H,6,9,12,14,25-26H2,1-2H3,(H,28,32)(H,29,35)(H,33,34). The fraction of sp³-hybridized carbons (Fsp3) is 0.375. The number of nitrogens with two attached hydrogens (primary N) is 2. The van der Waals surface area contributed by atoms with Crippen LogP contribution in [0.15, 0.2) is 58.8 Å². The minimum atomic E-state index is -1.19. The van der Waals surface area contributed by atoms with Gasteiger partial charge in [0.05, 0.1) is 5.69 Å². The van der Waals surface area contributed by atoms with E-state index in [4.69, 9.17) is 11.5 Å². The van der Waals surface area contributed by atoms with Gasteiger partial charge in [0.1, 0.15) is 18.4 Å². The topological polar surface area (TPSA) is 184 Å². The summed E-state index contributed by atoms with van der Waals surface area (Å²) in [6.07, 6.45) is 0.00500. The Morgan fingerprint density at radius 3 is 2.34 bits per heavy atom. The van der Waals surface area contributed by atoms with Gasteiger partial charge in [-0.3, -0.25) is 10.1 Å². The minimum Gasteiger partial charge on any atom is -0.480 e. The van der Waals surface area contributed by atoms with Gasteiger partial charge in [0.15, 0.2) is 0 Å². The number of benzene rings is 2. The summed E-state index contributed by atoms with van der Waals surface area (Å²) >= 11 is 0. The van der Waals surface area contributed by atoms with E-state index in [9.17, 15) is 19.5 Å². The Kier molecular flexibility index (Phi) is 10.9. The number of carbonyl (C=O) groups excluding carboxylic acids is 2. The van der Waals surface area contributed by atoms with Gasteiger partial charge in [-0.15, -0.1) is 5.11 Å². The second-order valence-corrected chi connectivity index (χ2v) is 8.20. The van der Waals surface area contributed by atoms with Gasteiger partial charge < -0.3 is 27.2 Å². The van der Waals surface area contributed by atoms with Crippen LogP contribution in [-0.2, 0) is 16.0 Å². The van der Waals surface area contributed by atoms with E-state index < -0.39 is 36.3 Å². The first kappa shape index (κ1) is 27.6. The molecule has 0 spiro atoms. The zero-order valence-electron chi connectivity index (χ0n) is 19.9. The number of aliphatic carboxylic acids is 1. The molecule has 35 heavy (non-hydrogen) atoms. The molecular weight excluding hydrogens is 450 g/mol. The van der Waals surface area contributed by atoms with Gasteiger partial charge >= 0.3 is 12.0 Å². The molecule has 0 fully saturated rings. The Hall–Kier alpha value is -3.67. The Morgan fingerprint density at radius 2 is 1.71 bits per heavy atom. The lowest BCUT2D eigenvalue weighted by Crippen LogP contribution is -2.52. The Morgan fingerprint density at radius 1 is 1.00 bits per heavy atom. The van der Waals surface area contributed by atoms with Crippen LogP contribution >= 0.6 is 0 Å². The van der Waals surface area contributed by atoms with E-state index >= 15 is 0 Å². The molecule has 2 rings (SSSR count). The van der Waals surface area contributed by atoms with E-state index in [0.717, 1.165) is 16.7 Å². The third kappa shape index (κ3) is 10.0. The molecule has 11 nitrogen and oxygen atoms in total. The molecule has 2 aromatic carbocycles. The molecule has 0 saturated heterocycles. The van der Waals surface area contributed by atoms with Gasteiger partial charge in [-0.1, -0.05) is 53.1 Å². The quantitative estimate of drug-likeness (QED) is 0.151. The van der Waals surface area contributed by atoms with Crippen LogP contribution in [0.3, 0.4) is 0 Å². The number of rotatable bonds is 12. The predicted octanol–water partition coefficient (Wildman–Crippen LogP) is 1.85. The highest BCUT2D eigenvalue weighted by molar-refractivity contribution is 5.90. The van der Waals surface area contributed by atoms with Crippen molar-refractivity contribution in [1.29, 1.82) is 0 Å². The van der Waals surface area contributed by atoms with Gasteiger partial charge in [-0.2, -0.15) is 0 Å². The Balaban J connectivity index is 2.10. The summed E-state index contributed by atoms with van der Waals surface area (Å²) in [7, 11) is 0. The lowest BCUT2D eigenvalue weighted by molar-refractivity contribution is -0.142. The molecule has 0 aromatic heterocycles. The molecule has 2 atom stereocenters. The summed E-state index contributed by atoms with van der Waals surface area (Å²) in [6.45, 7) is 4.19. The van der Waals surface area contributed by atoms with E-state index in [1.807, 2.05) is 32.0 Å². The number of urea groups is 1. The first-order valence-electron chi connectivity index (χ1n) is 11.3. The largest absolute Gasteiger partial charge is 0.480 e. The summed E-state index contributed by atoms with van der Waals surface area (Å²) in [5.41, 5.74) is 14.0. The number of nitrogens with one attached hydrogen (secondary N) is 3. The van der Waals surface area contributed by atoms with Crippen molar-refractivity contribution in [3.8, 4) is 0 Å². The van der Waals surface area contributed by atoms with Crippen molar-refractivity contribution in [2.45, 2.75) is 51.5 Å². The van der Waals surface area contributed by atoms with Crippen LogP contribution in [0.2, 0.25) is 0 Å². The molecule has 0 aliphatic heterocycles. The fourth-order valence-electron chi connectivity index (χ4n) is 3.36. The third-order valence-electron chi connectivity index (χ3n) is 5.16. The number of carbonyl (C=O) groups is 3. The van der Waals surface area contributed by atoms with Crippen molar-refractivity contribution in [2.24, 2.45) is 21.7 Å². The molecule has 8 N–H and O–H groups in total. The molecular formula is C24H33N7O4. The lowest BCUT2D eigenvalue weighted by Gasteiger charge is -2.21. The molecule has 3 amide bonds. The van der Waals surface area contributed by atoms with Crippen LogP contribution in [0.1, 0.15) is 29.5 Å². The van der Waals surface area contributed by atoms with E-state index in [1.54, 1.807) is 30.3 Å². The zero-order chi connectivity index (χ0) is 25.8. The van der Waals surface area contributed by atoms with Crippen LogP contribution in [0, 0.1) is 13.8 Å². The lowest BCUT2D eigenvalue weighted by atomic mass is 10.0. The molecule has 0 aliphatic rings. The Labute approximate surface area is 204 Å². The minimum absolute atomic E-state index is 0.146. The highest BCUT2D eigenvalue weighted by Crippen LogP contribution is 2.19. The normalized spacial score (nSPS) is 12.9. The maximum absolute atomic E-state index is 13.0. The van der Waals surface area contributed by atoms with Crippen molar-refractivity contribution < 1.29 is 19.5 Å². The SMILES string of the molecule is Cc1ccc(N=NC(=O)NC(Cc2ccccc2)C(=O)NC(CCCNC(N)N)C(=O)O)c(C)c1. The molecule has 2 aromatic rings. The molecule has 0 radical (unpaired) electrons. The average molecular weight is 484 g/mol. The zero-order valence-corrected chi connectivity index (χ0v) is 19.9. The smallest absolute Gasteiger partial charge is 0.360 e. The number of aryl methyl sites for hydroxylation is 2. The maximum atomic E-state index is 13.0. The highest BCUT2D eigenvalue weighted by Gasteiger charge is 2.26. The maximum Gasteiger partial charge on any atom is 0.360 e. The van der Waals surface area contributed by atoms with Gasteiger partial charge in [0.25, 0.3) is 0 Å². The first-order valence-corrected chi connectivity index (χ1v) is 11.3. The number of hydrogen-bond donors (Lipinski definition) is 6. The number of hydrogen-bond acceptors (Lipinski definition) is 7. The second-order valence-electron chi connectivity index (χ2n) is 8.20. The van der Waals surface area contributed by atoms with Crippen molar-refractivity contribution in [1.82, 2.24) is 16.0 Å². The summed E-state index contributed by atoms with van der Waals surface area (Å²) in [6, 6.07) is 11.6. The second kappa shape index (κ2) is 13.9. The summed E-state index contributed by atoms with van der Waals surface area (Å²) in [5, 5.41) is 25.0. The molecule has 0 saturated carbocycles. The number of amides is 3. The summed E-state index contributed by atoms with van der Waals surface area (Å²) < 4.78 is 0. The molecule has 188 valence electrons. The predicted molar refractivity (Wildman–Crippen MR) is 132 cm³/mol. The first-order chi connectivity index (χ1) is 16.7. The van der Waals surface area contributed by atoms with Crippen molar-refractivity contribution >= 4 is 23.6 Å². The van der Waals surface area contributed by atoms with Gasteiger partial charge in [0.2, 0.25) is 5.91 Å². The van der Waals surface area contributed by atoms with E-state index in [-0.39, 0.29) is 12.8 Å². The molecule has 11 heteroatoms. The number of azo groups is 1. The third-order valence-corrected chi connectivity index (χ3v) is 5.16. The highest BCUT2D eigenvalue weighted by atomic mass is 16.4. The summed E-state index contributed by atoms with van der Waals surface area (Å²) in [5.74, 6) is -1.82. The number of nitrogens with zero attached hydrogens (tertiary/aromatic N) is 2. The molecule has 2 unspecified atom stereocenters. The van der Waals surface area contributed by atoms with Gasteiger partial charge in [-0.05, 0) is 50.4 Å². The monoisotopic (exact) mass is 483 g/mol. The van der Waals surface area contributed by atoms with E-state index in [1.165, 1.54) is 0 Å². The van der Waals surface area contributed by atoms with E-state index in [2.05, 4.69) is 26.2 Å². The molecule has 0 aliphatic carbocycles.